The molecule has 0 spiro atoms. The number of halogens is 2. The highest BCUT2D eigenvalue weighted by molar-refractivity contribution is 7.88. The maximum Gasteiger partial charge on any atom is 0.211 e. The van der Waals surface area contributed by atoms with Gasteiger partial charge in [0.1, 0.15) is 12.1 Å². The van der Waals surface area contributed by atoms with E-state index in [4.69, 9.17) is 0 Å². The third-order valence-corrected chi connectivity index (χ3v) is 5.69. The fourth-order valence-electron chi connectivity index (χ4n) is 3.12. The normalized spacial score (nSPS) is 19.4. The van der Waals surface area contributed by atoms with Gasteiger partial charge in [-0.3, -0.25) is 0 Å². The Morgan fingerprint density at radius 2 is 1.83 bits per heavy atom. The number of anilines is 1. The lowest BCUT2D eigenvalue weighted by atomic mass is 10.1. The first-order chi connectivity index (χ1) is 10.5. The number of hydrogen-bond donors (Lipinski definition) is 2. The van der Waals surface area contributed by atoms with Crippen LogP contribution < -0.4 is 10.6 Å². The second-order valence-corrected chi connectivity index (χ2v) is 7.96. The van der Waals surface area contributed by atoms with Crippen LogP contribution in [0.5, 0.6) is 0 Å². The molecule has 1 fully saturated rings. The Morgan fingerprint density at radius 1 is 1.17 bits per heavy atom. The van der Waals surface area contributed by atoms with E-state index in [1.165, 1.54) is 11.8 Å². The first kappa shape index (κ1) is 21.4. The van der Waals surface area contributed by atoms with Gasteiger partial charge in [0.2, 0.25) is 10.0 Å². The molecule has 0 saturated carbocycles. The highest BCUT2D eigenvalue weighted by atomic mass is 35.5. The Bertz CT molecular complexity index is 636. The van der Waals surface area contributed by atoms with Crippen molar-refractivity contribution in [3.8, 4) is 0 Å². The van der Waals surface area contributed by atoms with Crippen LogP contribution in [-0.4, -0.2) is 61.2 Å². The van der Waals surface area contributed by atoms with Crippen LogP contribution in [0.1, 0.15) is 24.1 Å². The van der Waals surface area contributed by atoms with Crippen LogP contribution in [0.3, 0.4) is 0 Å². The first-order valence-electron chi connectivity index (χ1n) is 7.79. The van der Waals surface area contributed by atoms with Crippen molar-refractivity contribution in [2.45, 2.75) is 31.7 Å². The number of sulfonamides is 1. The summed E-state index contributed by atoms with van der Waals surface area (Å²) < 4.78 is 24.7. The Hall–Kier alpha value is -0.670. The van der Waals surface area contributed by atoms with Crippen molar-refractivity contribution < 1.29 is 8.42 Å². The van der Waals surface area contributed by atoms with E-state index < -0.39 is 10.0 Å². The van der Waals surface area contributed by atoms with Crippen LogP contribution in [0, 0.1) is 0 Å². The maximum absolute atomic E-state index is 11.6. The molecular formula is C14H25Cl2N5O2S. The van der Waals surface area contributed by atoms with Gasteiger partial charge in [0.15, 0.2) is 0 Å². The highest BCUT2D eigenvalue weighted by Gasteiger charge is 2.26. The molecule has 10 heteroatoms. The number of aromatic nitrogens is 2. The van der Waals surface area contributed by atoms with Gasteiger partial charge < -0.3 is 10.6 Å². The monoisotopic (exact) mass is 397 g/mol. The van der Waals surface area contributed by atoms with Crippen LogP contribution in [-0.2, 0) is 22.9 Å². The summed E-state index contributed by atoms with van der Waals surface area (Å²) >= 11 is 0. The number of nitrogens with zero attached hydrogens (tertiary/aromatic N) is 3. The van der Waals surface area contributed by atoms with Crippen molar-refractivity contribution in [1.82, 2.24) is 19.6 Å². The maximum atomic E-state index is 11.6. The van der Waals surface area contributed by atoms with Gasteiger partial charge in [-0.2, -0.15) is 0 Å². The standard InChI is InChI=1S/C14H23N5O2S.2ClH/c1-22(20,21)19-8-4-11(5-9-19)18-14-12-2-6-15-7-3-13(12)16-10-17-14;;/h10-11,15H,2-9H2,1H3,(H,16,17,18);2*1H. The average Bonchev–Trinajstić information content (AvgIpc) is 2.73. The van der Waals surface area contributed by atoms with E-state index in [1.54, 1.807) is 10.6 Å². The summed E-state index contributed by atoms with van der Waals surface area (Å²) in [4.78, 5) is 8.81. The van der Waals surface area contributed by atoms with E-state index in [2.05, 4.69) is 20.6 Å². The molecule has 138 valence electrons. The lowest BCUT2D eigenvalue weighted by molar-refractivity contribution is 0.331. The molecule has 0 aromatic carbocycles. The van der Waals surface area contributed by atoms with Gasteiger partial charge in [-0.15, -0.1) is 24.8 Å². The van der Waals surface area contributed by atoms with E-state index in [0.29, 0.717) is 13.1 Å². The van der Waals surface area contributed by atoms with E-state index in [-0.39, 0.29) is 30.9 Å². The third-order valence-electron chi connectivity index (χ3n) is 4.39. The van der Waals surface area contributed by atoms with Crippen molar-refractivity contribution in [3.05, 3.63) is 17.6 Å². The molecule has 0 aliphatic carbocycles. The zero-order valence-corrected chi connectivity index (χ0v) is 16.1. The van der Waals surface area contributed by atoms with Gasteiger partial charge >= 0.3 is 0 Å². The molecule has 0 radical (unpaired) electrons. The zero-order chi connectivity index (χ0) is 15.6. The lowest BCUT2D eigenvalue weighted by Gasteiger charge is -2.31. The molecular weight excluding hydrogens is 373 g/mol. The second-order valence-electron chi connectivity index (χ2n) is 5.98. The van der Waals surface area contributed by atoms with Crippen LogP contribution in [0.25, 0.3) is 0 Å². The highest BCUT2D eigenvalue weighted by Crippen LogP contribution is 2.22. The minimum absolute atomic E-state index is 0. The van der Waals surface area contributed by atoms with Crippen molar-refractivity contribution in [1.29, 1.82) is 0 Å². The predicted molar refractivity (Wildman–Crippen MR) is 99.9 cm³/mol. The number of rotatable bonds is 3. The molecule has 1 aromatic rings. The minimum atomic E-state index is -3.07. The summed E-state index contributed by atoms with van der Waals surface area (Å²) in [5.41, 5.74) is 2.33. The first-order valence-corrected chi connectivity index (χ1v) is 9.64. The lowest BCUT2D eigenvalue weighted by Crippen LogP contribution is -2.42. The van der Waals surface area contributed by atoms with E-state index in [1.807, 2.05) is 0 Å². The fraction of sp³-hybridized carbons (Fsp3) is 0.714. The number of piperidine rings is 1. The molecule has 0 atom stereocenters. The van der Waals surface area contributed by atoms with Crippen LogP contribution in [0.15, 0.2) is 6.33 Å². The van der Waals surface area contributed by atoms with Crippen LogP contribution in [0.4, 0.5) is 5.82 Å². The summed E-state index contributed by atoms with van der Waals surface area (Å²) in [5, 5.41) is 6.89. The number of nitrogens with one attached hydrogen (secondary N) is 2. The molecule has 3 rings (SSSR count). The Kier molecular flexibility index (Phi) is 8.14. The SMILES string of the molecule is CS(=O)(=O)N1CCC(Nc2ncnc3c2CCNCC3)CC1.Cl.Cl. The van der Waals surface area contributed by atoms with Crippen molar-refractivity contribution in [2.75, 3.05) is 37.8 Å². The zero-order valence-electron chi connectivity index (χ0n) is 13.7. The average molecular weight is 398 g/mol. The Morgan fingerprint density at radius 3 is 2.50 bits per heavy atom. The van der Waals surface area contributed by atoms with Gasteiger partial charge in [-0.1, -0.05) is 0 Å². The van der Waals surface area contributed by atoms with Crippen LogP contribution in [0.2, 0.25) is 0 Å². The van der Waals surface area contributed by atoms with Crippen molar-refractivity contribution in [3.63, 3.8) is 0 Å². The molecule has 0 bridgehead atoms. The molecule has 1 aromatic heterocycles. The van der Waals surface area contributed by atoms with Gasteiger partial charge in [0, 0.05) is 37.7 Å². The van der Waals surface area contributed by atoms with Gasteiger partial charge in [0.05, 0.1) is 11.9 Å². The van der Waals surface area contributed by atoms with Gasteiger partial charge in [0.25, 0.3) is 0 Å². The van der Waals surface area contributed by atoms with Crippen LogP contribution >= 0.6 is 24.8 Å². The number of fused-ring (bicyclic) bond motifs is 1. The summed E-state index contributed by atoms with van der Waals surface area (Å²) in [5.74, 6) is 0.923. The quantitative estimate of drug-likeness (QED) is 0.785. The third kappa shape index (κ3) is 5.16. The molecule has 3 heterocycles. The second kappa shape index (κ2) is 9.15. The Labute approximate surface area is 155 Å². The molecule has 2 aliphatic heterocycles. The predicted octanol–water partition coefficient (Wildman–Crippen LogP) is 0.844. The number of hydrogen-bond acceptors (Lipinski definition) is 6. The molecule has 2 N–H and O–H groups in total. The summed E-state index contributed by atoms with van der Waals surface area (Å²) in [7, 11) is -3.07. The summed E-state index contributed by atoms with van der Waals surface area (Å²) in [6.45, 7) is 3.05. The Balaban J connectivity index is 0.00000144. The molecule has 0 unspecified atom stereocenters. The minimum Gasteiger partial charge on any atom is -0.367 e. The summed E-state index contributed by atoms with van der Waals surface area (Å²) in [6, 6.07) is 0.271. The fourth-order valence-corrected chi connectivity index (χ4v) is 4.00. The van der Waals surface area contributed by atoms with E-state index in [0.717, 1.165) is 50.3 Å². The van der Waals surface area contributed by atoms with Gasteiger partial charge in [-0.25, -0.2) is 22.7 Å². The van der Waals surface area contributed by atoms with Crippen molar-refractivity contribution >= 4 is 40.7 Å². The molecule has 2 aliphatic rings. The smallest absolute Gasteiger partial charge is 0.211 e. The molecule has 1 saturated heterocycles. The van der Waals surface area contributed by atoms with E-state index >= 15 is 0 Å². The summed E-state index contributed by atoms with van der Waals surface area (Å²) in [6.07, 6.45) is 6.38. The molecule has 0 amide bonds. The van der Waals surface area contributed by atoms with Gasteiger partial charge in [-0.05, 0) is 25.8 Å². The molecule has 24 heavy (non-hydrogen) atoms. The largest absolute Gasteiger partial charge is 0.367 e. The van der Waals surface area contributed by atoms with Crippen molar-refractivity contribution in [2.24, 2.45) is 0 Å². The topological polar surface area (TPSA) is 87.2 Å². The molecule has 7 nitrogen and oxygen atoms in total. The van der Waals surface area contributed by atoms with E-state index in [9.17, 15) is 8.42 Å².